The summed E-state index contributed by atoms with van der Waals surface area (Å²) >= 11 is 0. The highest BCUT2D eigenvalue weighted by Gasteiger charge is 2.23. The van der Waals surface area contributed by atoms with Crippen LogP contribution in [0.3, 0.4) is 0 Å². The second kappa shape index (κ2) is 10.6. The largest absolute Gasteiger partial charge is 0.356 e. The minimum absolute atomic E-state index is 0.301. The number of hydrogen-bond donors (Lipinski definition) is 0. The monoisotopic (exact) mass is 417 g/mol. The van der Waals surface area contributed by atoms with E-state index >= 15 is 0 Å². The van der Waals surface area contributed by atoms with E-state index < -0.39 is 0 Å². The number of rotatable bonds is 6. The summed E-state index contributed by atoms with van der Waals surface area (Å²) in [6.45, 7) is 4.01. The molecule has 0 unspecified atom stereocenters. The van der Waals surface area contributed by atoms with Crippen LogP contribution < -0.4 is 0 Å². The first kappa shape index (κ1) is 21.6. The molecule has 164 valence electrons. The molecule has 0 radical (unpaired) electrons. The number of piperidine rings is 1. The van der Waals surface area contributed by atoms with Crippen molar-refractivity contribution in [1.82, 2.24) is 9.80 Å². The molecule has 2 aliphatic rings. The number of likely N-dealkylation sites (tertiary alicyclic amines) is 2. The molecular formula is C27H35N3O. The Hall–Kier alpha value is -2.62. The average Bonchev–Trinajstić information content (AvgIpc) is 3.34. The molecule has 0 aromatic heterocycles. The van der Waals surface area contributed by atoms with Crippen LogP contribution in [0.15, 0.2) is 59.6 Å². The van der Waals surface area contributed by atoms with Crippen molar-refractivity contribution >= 4 is 11.7 Å². The fourth-order valence-corrected chi connectivity index (χ4v) is 4.95. The average molecular weight is 418 g/mol. The lowest BCUT2D eigenvalue weighted by Gasteiger charge is -2.32. The zero-order chi connectivity index (χ0) is 21.5. The van der Waals surface area contributed by atoms with Crippen LogP contribution in [0.2, 0.25) is 0 Å². The lowest BCUT2D eigenvalue weighted by molar-refractivity contribution is -0.132. The van der Waals surface area contributed by atoms with Crippen molar-refractivity contribution in [1.29, 1.82) is 0 Å². The third-order valence-electron chi connectivity index (χ3n) is 6.79. The van der Waals surface area contributed by atoms with Crippen molar-refractivity contribution in [3.8, 4) is 0 Å². The molecule has 2 heterocycles. The molecular weight excluding hydrogens is 382 g/mol. The normalized spacial score (nSPS) is 17.9. The first-order valence-electron chi connectivity index (χ1n) is 11.9. The zero-order valence-corrected chi connectivity index (χ0v) is 18.8. The summed E-state index contributed by atoms with van der Waals surface area (Å²) in [5, 5.41) is 0. The van der Waals surface area contributed by atoms with Crippen molar-refractivity contribution in [2.24, 2.45) is 10.9 Å². The van der Waals surface area contributed by atoms with Crippen LogP contribution in [0.4, 0.5) is 0 Å². The topological polar surface area (TPSA) is 35.9 Å². The molecule has 0 N–H and O–H groups in total. The first-order chi connectivity index (χ1) is 15.2. The molecule has 0 aliphatic carbocycles. The standard InChI is InChI=1S/C27H35N3O/c1-28-27(30-17-5-6-18-30)25-12-9-22(10-13-25)11-14-26(31)29-19-15-24(16-20-29)21-23-7-3-2-4-8-23/h2-4,7-10,12-13,24H,5-6,11,14-21H2,1H3. The molecule has 4 nitrogen and oxygen atoms in total. The summed E-state index contributed by atoms with van der Waals surface area (Å²) in [4.78, 5) is 21.7. The van der Waals surface area contributed by atoms with Gasteiger partial charge in [0.25, 0.3) is 0 Å². The number of nitrogens with zero attached hydrogens (tertiary/aromatic N) is 3. The number of carbonyl (C=O) groups excluding carboxylic acids is 1. The van der Waals surface area contributed by atoms with Gasteiger partial charge < -0.3 is 9.80 Å². The molecule has 2 fully saturated rings. The Balaban J connectivity index is 1.23. The number of carbonyl (C=O) groups is 1. The number of benzene rings is 2. The Morgan fingerprint density at radius 2 is 1.55 bits per heavy atom. The van der Waals surface area contributed by atoms with Gasteiger partial charge in [0.2, 0.25) is 5.91 Å². The molecule has 31 heavy (non-hydrogen) atoms. The van der Waals surface area contributed by atoms with Gasteiger partial charge in [-0.1, -0.05) is 54.6 Å². The van der Waals surface area contributed by atoms with Crippen molar-refractivity contribution in [2.45, 2.75) is 44.9 Å². The van der Waals surface area contributed by atoms with Gasteiger partial charge in [0.1, 0.15) is 5.84 Å². The summed E-state index contributed by atoms with van der Waals surface area (Å²) in [7, 11) is 1.88. The van der Waals surface area contributed by atoms with Gasteiger partial charge in [0.15, 0.2) is 0 Å². The van der Waals surface area contributed by atoms with Crippen LogP contribution >= 0.6 is 0 Å². The number of amides is 1. The molecule has 4 heteroatoms. The SMILES string of the molecule is CN=C(c1ccc(CCC(=O)N2CCC(Cc3ccccc3)CC2)cc1)N1CCCC1. The maximum absolute atomic E-state index is 12.7. The highest BCUT2D eigenvalue weighted by Crippen LogP contribution is 2.22. The summed E-state index contributed by atoms with van der Waals surface area (Å²) < 4.78 is 0. The lowest BCUT2D eigenvalue weighted by Crippen LogP contribution is -2.39. The molecule has 1 amide bonds. The Bertz CT molecular complexity index is 861. The van der Waals surface area contributed by atoms with Gasteiger partial charge in [-0.05, 0) is 55.6 Å². The van der Waals surface area contributed by atoms with Crippen LogP contribution in [0.5, 0.6) is 0 Å². The zero-order valence-electron chi connectivity index (χ0n) is 18.8. The van der Waals surface area contributed by atoms with Crippen molar-refractivity contribution in [2.75, 3.05) is 33.2 Å². The van der Waals surface area contributed by atoms with Gasteiger partial charge in [-0.2, -0.15) is 0 Å². The van der Waals surface area contributed by atoms with Crippen LogP contribution in [-0.4, -0.2) is 54.8 Å². The molecule has 0 bridgehead atoms. The maximum Gasteiger partial charge on any atom is 0.222 e. The van der Waals surface area contributed by atoms with Crippen molar-refractivity contribution < 1.29 is 4.79 Å². The number of aliphatic imine (C=N–C) groups is 1. The number of amidine groups is 1. The van der Waals surface area contributed by atoms with Gasteiger partial charge >= 0.3 is 0 Å². The molecule has 0 saturated carbocycles. The van der Waals surface area contributed by atoms with Crippen LogP contribution in [0.1, 0.15) is 48.8 Å². The van der Waals surface area contributed by atoms with Crippen LogP contribution in [0, 0.1) is 5.92 Å². The molecule has 2 aromatic rings. The lowest BCUT2D eigenvalue weighted by atomic mass is 9.90. The second-order valence-electron chi connectivity index (χ2n) is 8.95. The second-order valence-corrected chi connectivity index (χ2v) is 8.95. The number of aryl methyl sites for hydroxylation is 1. The third kappa shape index (κ3) is 5.75. The van der Waals surface area contributed by atoms with Crippen LogP contribution in [0.25, 0.3) is 0 Å². The summed E-state index contributed by atoms with van der Waals surface area (Å²) in [5.41, 5.74) is 3.82. The molecule has 2 aliphatic heterocycles. The van der Waals surface area contributed by atoms with Gasteiger partial charge in [-0.3, -0.25) is 9.79 Å². The van der Waals surface area contributed by atoms with E-state index in [0.717, 1.165) is 57.7 Å². The van der Waals surface area contributed by atoms with E-state index in [0.29, 0.717) is 18.2 Å². The molecule has 0 atom stereocenters. The Labute approximate surface area is 187 Å². The quantitative estimate of drug-likeness (QED) is 0.510. The predicted molar refractivity (Wildman–Crippen MR) is 127 cm³/mol. The van der Waals surface area contributed by atoms with Gasteiger partial charge in [0.05, 0.1) is 0 Å². The summed E-state index contributed by atoms with van der Waals surface area (Å²) in [6.07, 6.45) is 7.28. The maximum atomic E-state index is 12.7. The predicted octanol–water partition coefficient (Wildman–Crippen LogP) is 4.57. The minimum atomic E-state index is 0.301. The van der Waals surface area contributed by atoms with E-state index in [1.165, 1.54) is 29.5 Å². The van der Waals surface area contributed by atoms with E-state index in [1.807, 2.05) is 7.05 Å². The number of hydrogen-bond acceptors (Lipinski definition) is 2. The van der Waals surface area contributed by atoms with Crippen LogP contribution in [-0.2, 0) is 17.6 Å². The fraction of sp³-hybridized carbons (Fsp3) is 0.481. The van der Waals surface area contributed by atoms with Crippen molar-refractivity contribution in [3.63, 3.8) is 0 Å². The molecule has 2 saturated heterocycles. The van der Waals surface area contributed by atoms with Gasteiger partial charge in [-0.15, -0.1) is 0 Å². The Morgan fingerprint density at radius 3 is 2.19 bits per heavy atom. The van der Waals surface area contributed by atoms with Crippen molar-refractivity contribution in [3.05, 3.63) is 71.3 Å². The van der Waals surface area contributed by atoms with E-state index in [1.54, 1.807) is 0 Å². The Morgan fingerprint density at radius 1 is 0.871 bits per heavy atom. The van der Waals surface area contributed by atoms with E-state index in [9.17, 15) is 4.79 Å². The van der Waals surface area contributed by atoms with Gasteiger partial charge in [0, 0.05) is 45.2 Å². The highest BCUT2D eigenvalue weighted by atomic mass is 16.2. The van der Waals surface area contributed by atoms with E-state index in [4.69, 9.17) is 0 Å². The molecule has 0 spiro atoms. The first-order valence-corrected chi connectivity index (χ1v) is 11.9. The summed E-state index contributed by atoms with van der Waals surface area (Å²) in [6, 6.07) is 19.4. The smallest absolute Gasteiger partial charge is 0.222 e. The minimum Gasteiger partial charge on any atom is -0.356 e. The Kier molecular flexibility index (Phi) is 7.39. The summed E-state index contributed by atoms with van der Waals surface area (Å²) in [5.74, 6) is 2.10. The van der Waals surface area contributed by atoms with E-state index in [-0.39, 0.29) is 0 Å². The highest BCUT2D eigenvalue weighted by molar-refractivity contribution is 5.98. The third-order valence-corrected chi connectivity index (χ3v) is 6.79. The fourth-order valence-electron chi connectivity index (χ4n) is 4.95. The molecule has 2 aromatic carbocycles. The molecule has 4 rings (SSSR count). The van der Waals surface area contributed by atoms with E-state index in [2.05, 4.69) is 69.4 Å². The van der Waals surface area contributed by atoms with Gasteiger partial charge in [-0.25, -0.2) is 0 Å².